The summed E-state index contributed by atoms with van der Waals surface area (Å²) in [5, 5.41) is 8.44. The quantitative estimate of drug-likeness (QED) is 0.251. The summed E-state index contributed by atoms with van der Waals surface area (Å²) in [6.07, 6.45) is 15.4. The van der Waals surface area contributed by atoms with Crippen molar-refractivity contribution in [1.29, 1.82) is 0 Å². The molecule has 0 atom stereocenters. The molecule has 0 radical (unpaired) electrons. The van der Waals surface area contributed by atoms with E-state index in [-0.39, 0.29) is 5.91 Å². The van der Waals surface area contributed by atoms with Gasteiger partial charge in [-0.1, -0.05) is 11.6 Å². The third-order valence-corrected chi connectivity index (χ3v) is 10.7. The predicted molar refractivity (Wildman–Crippen MR) is 154 cm³/mol. The molecule has 5 aliphatic carbocycles. The molecule has 1 aromatic heterocycles. The summed E-state index contributed by atoms with van der Waals surface area (Å²) < 4.78 is 6.81. The first kappa shape index (κ1) is 26.9. The fourth-order valence-corrected chi connectivity index (χ4v) is 8.77. The van der Waals surface area contributed by atoms with Crippen LogP contribution in [0.5, 0.6) is 0 Å². The van der Waals surface area contributed by atoms with Crippen molar-refractivity contribution in [2.75, 3.05) is 18.4 Å². The Morgan fingerprint density at radius 3 is 2.48 bits per heavy atom. The SMILES string of the molecule is O=C(C[C@H]1CC[C@]2(CC1)OO[C@]1(O2)C2CC3CC(C2)CC1C3)NCCCCCNc1ccnc2cc(Cl)ccc12. The minimum absolute atomic E-state index is 0.169. The Kier molecular flexibility index (Phi) is 7.44. The summed E-state index contributed by atoms with van der Waals surface area (Å²) in [6.45, 7) is 1.62. The van der Waals surface area contributed by atoms with E-state index in [1.807, 2.05) is 30.5 Å². The fraction of sp³-hybridized carbons (Fsp3) is 0.688. The van der Waals surface area contributed by atoms with Crippen LogP contribution in [0.4, 0.5) is 5.69 Å². The van der Waals surface area contributed by atoms with E-state index in [4.69, 9.17) is 26.1 Å². The predicted octanol–water partition coefficient (Wildman–Crippen LogP) is 6.99. The average Bonchev–Trinajstić information content (AvgIpc) is 3.32. The van der Waals surface area contributed by atoms with Crippen LogP contribution in [-0.4, -0.2) is 35.6 Å². The van der Waals surface area contributed by atoms with Gasteiger partial charge in [-0.05, 0) is 106 Å². The zero-order valence-electron chi connectivity index (χ0n) is 23.3. The Morgan fingerprint density at radius 1 is 0.950 bits per heavy atom. The van der Waals surface area contributed by atoms with Crippen LogP contribution in [0.25, 0.3) is 10.9 Å². The van der Waals surface area contributed by atoms with Gasteiger partial charge in [-0.25, -0.2) is 0 Å². The van der Waals surface area contributed by atoms with E-state index >= 15 is 0 Å². The van der Waals surface area contributed by atoms with Crippen LogP contribution in [-0.2, 0) is 19.3 Å². The third kappa shape index (κ3) is 5.23. The number of anilines is 1. The Balaban J connectivity index is 0.790. The van der Waals surface area contributed by atoms with Gasteiger partial charge >= 0.3 is 0 Å². The number of halogens is 1. The van der Waals surface area contributed by atoms with Crippen molar-refractivity contribution in [3.63, 3.8) is 0 Å². The lowest BCUT2D eigenvalue weighted by molar-refractivity contribution is -0.390. The Morgan fingerprint density at radius 2 is 1.70 bits per heavy atom. The van der Waals surface area contributed by atoms with Gasteiger partial charge in [0.1, 0.15) is 0 Å². The van der Waals surface area contributed by atoms with Crippen molar-refractivity contribution >= 4 is 34.1 Å². The molecular formula is C32H42ClN3O4. The van der Waals surface area contributed by atoms with Gasteiger partial charge in [-0.15, -0.1) is 0 Å². The first-order chi connectivity index (χ1) is 19.5. The molecule has 216 valence electrons. The van der Waals surface area contributed by atoms with Crippen molar-refractivity contribution in [2.45, 2.75) is 95.0 Å². The van der Waals surface area contributed by atoms with Gasteiger partial charge in [0.25, 0.3) is 0 Å². The number of nitrogens with zero attached hydrogens (tertiary/aromatic N) is 1. The number of amides is 1. The lowest BCUT2D eigenvalue weighted by atomic mass is 9.53. The second-order valence-electron chi connectivity index (χ2n) is 13.2. The van der Waals surface area contributed by atoms with E-state index in [0.717, 1.165) is 86.5 Å². The van der Waals surface area contributed by atoms with Crippen molar-refractivity contribution in [3.8, 4) is 0 Å². The third-order valence-electron chi connectivity index (χ3n) is 10.5. The summed E-state index contributed by atoms with van der Waals surface area (Å²) in [5.41, 5.74) is 1.98. The standard InChI is InChI=1S/C32H42ClN3O4/c33-26-4-5-27-28(8-13-35-29(27)20-26)34-11-2-1-3-12-36-30(37)19-21-6-9-31(10-7-21)38-32(40-39-31)24-15-22-14-23(17-24)18-25(32)16-22/h4-5,8,13,20-25H,1-3,6-7,9-12,14-19H2,(H,34,35)(H,36,37)/t21-,22?,23?,24?,25?,31+,32-. The molecule has 2 N–H and O–H groups in total. The lowest BCUT2D eigenvalue weighted by Crippen LogP contribution is -2.59. The average molecular weight is 568 g/mol. The maximum absolute atomic E-state index is 12.6. The number of hydrogen-bond acceptors (Lipinski definition) is 6. The zero-order chi connectivity index (χ0) is 27.2. The van der Waals surface area contributed by atoms with E-state index < -0.39 is 11.6 Å². The molecule has 40 heavy (non-hydrogen) atoms. The number of unbranched alkanes of at least 4 members (excludes halogenated alkanes) is 2. The largest absolute Gasteiger partial charge is 0.384 e. The lowest BCUT2D eigenvalue weighted by Gasteiger charge is -2.57. The summed E-state index contributed by atoms with van der Waals surface area (Å²) in [7, 11) is 0. The van der Waals surface area contributed by atoms with E-state index in [2.05, 4.69) is 15.6 Å². The van der Waals surface area contributed by atoms with E-state index in [9.17, 15) is 4.79 Å². The summed E-state index contributed by atoms with van der Waals surface area (Å²) in [5.74, 6) is 2.21. The van der Waals surface area contributed by atoms with Crippen LogP contribution >= 0.6 is 11.6 Å². The number of benzene rings is 1. The normalized spacial score (nSPS) is 36.1. The van der Waals surface area contributed by atoms with Gasteiger partial charge in [-0.3, -0.25) is 9.78 Å². The minimum atomic E-state index is -0.591. The number of rotatable bonds is 9. The highest BCUT2D eigenvalue weighted by Crippen LogP contribution is 2.63. The first-order valence-corrected chi connectivity index (χ1v) is 16.0. The van der Waals surface area contributed by atoms with Gasteiger partial charge in [0, 0.05) is 66.5 Å². The number of aromatic nitrogens is 1. The van der Waals surface area contributed by atoms with Crippen molar-refractivity contribution < 1.29 is 19.3 Å². The van der Waals surface area contributed by atoms with Crippen molar-refractivity contribution in [1.82, 2.24) is 10.3 Å². The molecule has 2 heterocycles. The smallest absolute Gasteiger partial charge is 0.220 e. The summed E-state index contributed by atoms with van der Waals surface area (Å²) in [4.78, 5) is 29.2. The Labute approximate surface area is 242 Å². The number of hydrogen-bond donors (Lipinski definition) is 2. The molecule has 1 aliphatic heterocycles. The van der Waals surface area contributed by atoms with E-state index in [1.165, 1.54) is 32.1 Å². The van der Waals surface area contributed by atoms with Crippen molar-refractivity contribution in [3.05, 3.63) is 35.5 Å². The Bertz CT molecular complexity index is 1200. The summed E-state index contributed by atoms with van der Waals surface area (Å²) >= 11 is 6.09. The molecule has 6 aliphatic rings. The highest BCUT2D eigenvalue weighted by molar-refractivity contribution is 6.31. The maximum atomic E-state index is 12.6. The molecule has 2 aromatic rings. The molecule has 1 saturated heterocycles. The molecule has 5 saturated carbocycles. The molecule has 1 amide bonds. The zero-order valence-corrected chi connectivity index (χ0v) is 24.1. The van der Waals surface area contributed by atoms with Crippen LogP contribution in [0.3, 0.4) is 0 Å². The van der Waals surface area contributed by atoms with Crippen LogP contribution in [0.15, 0.2) is 30.5 Å². The molecule has 0 unspecified atom stereocenters. The Hall–Kier alpha value is -1.93. The van der Waals surface area contributed by atoms with Crippen LogP contribution in [0.1, 0.15) is 83.5 Å². The van der Waals surface area contributed by atoms with Crippen LogP contribution in [0, 0.1) is 29.6 Å². The fourth-order valence-electron chi connectivity index (χ4n) is 8.60. The summed E-state index contributed by atoms with van der Waals surface area (Å²) in [6, 6.07) is 7.80. The molecule has 6 fully saturated rings. The number of carbonyl (C=O) groups is 1. The van der Waals surface area contributed by atoms with Crippen molar-refractivity contribution in [2.24, 2.45) is 29.6 Å². The van der Waals surface area contributed by atoms with Gasteiger partial charge in [-0.2, -0.15) is 9.78 Å². The maximum Gasteiger partial charge on any atom is 0.220 e. The molecule has 7 nitrogen and oxygen atoms in total. The second kappa shape index (κ2) is 11.0. The number of ether oxygens (including phenoxy) is 1. The van der Waals surface area contributed by atoms with Gasteiger partial charge < -0.3 is 15.4 Å². The first-order valence-electron chi connectivity index (χ1n) is 15.6. The highest BCUT2D eigenvalue weighted by atomic mass is 35.5. The van der Waals surface area contributed by atoms with Crippen LogP contribution < -0.4 is 10.6 Å². The van der Waals surface area contributed by atoms with E-state index in [0.29, 0.717) is 29.2 Å². The molecule has 8 heteroatoms. The minimum Gasteiger partial charge on any atom is -0.384 e. The van der Waals surface area contributed by atoms with Crippen LogP contribution in [0.2, 0.25) is 5.02 Å². The number of pyridine rings is 1. The molecule has 4 bridgehead atoms. The topological polar surface area (TPSA) is 81.7 Å². The number of nitrogens with one attached hydrogen (secondary N) is 2. The monoisotopic (exact) mass is 567 g/mol. The number of carbonyl (C=O) groups excluding carboxylic acids is 1. The molecule has 1 aromatic carbocycles. The second-order valence-corrected chi connectivity index (χ2v) is 13.6. The highest BCUT2D eigenvalue weighted by Gasteiger charge is 2.66. The van der Waals surface area contributed by atoms with Gasteiger partial charge in [0.15, 0.2) is 0 Å². The molecule has 8 rings (SSSR count). The van der Waals surface area contributed by atoms with E-state index in [1.54, 1.807) is 0 Å². The molecule has 2 spiro atoms. The molecular weight excluding hydrogens is 526 g/mol. The van der Waals surface area contributed by atoms with Gasteiger partial charge in [0.05, 0.1) is 5.52 Å². The number of fused-ring (bicyclic) bond motifs is 1. The van der Waals surface area contributed by atoms with Gasteiger partial charge in [0.2, 0.25) is 17.5 Å².